The van der Waals surface area contributed by atoms with E-state index in [0.29, 0.717) is 45.2 Å². The van der Waals surface area contributed by atoms with Crippen LogP contribution in [0.25, 0.3) is 34.2 Å². The number of hydrogen-bond acceptors (Lipinski definition) is 11. The van der Waals surface area contributed by atoms with Gasteiger partial charge in [0, 0.05) is 40.5 Å². The van der Waals surface area contributed by atoms with Crippen LogP contribution in [0.1, 0.15) is 43.9 Å². The summed E-state index contributed by atoms with van der Waals surface area (Å²) in [5.41, 5.74) is 3.70. The van der Waals surface area contributed by atoms with Crippen molar-refractivity contribution in [3.05, 3.63) is 162 Å². The first-order valence-corrected chi connectivity index (χ1v) is 18.2. The topological polar surface area (TPSA) is 181 Å². The number of benzene rings is 4. The summed E-state index contributed by atoms with van der Waals surface area (Å²) in [6, 6.07) is 25.2. The van der Waals surface area contributed by atoms with Crippen LogP contribution < -0.4 is 15.4 Å². The Labute approximate surface area is 350 Å². The third-order valence-electron chi connectivity index (χ3n) is 8.79. The number of carbonyl (C=O) groups excluding carboxylic acids is 2. The molecule has 322 valence electrons. The van der Waals surface area contributed by atoms with Gasteiger partial charge in [0.25, 0.3) is 11.8 Å². The third kappa shape index (κ3) is 10.6. The minimum atomic E-state index is -4.71. The zero-order chi connectivity index (χ0) is 44.7. The van der Waals surface area contributed by atoms with Gasteiger partial charge in [0.05, 0.1) is 49.8 Å². The van der Waals surface area contributed by atoms with E-state index in [-0.39, 0.29) is 36.2 Å². The molecular weight excluding hydrogens is 846 g/mol. The Balaban J connectivity index is 0.000000189. The predicted molar refractivity (Wildman–Crippen MR) is 205 cm³/mol. The average molecular weight is 875 g/mol. The van der Waals surface area contributed by atoms with Crippen LogP contribution in [0.15, 0.2) is 131 Å². The largest absolute Gasteiger partial charge is 0.497 e. The number of carbonyl (C=O) groups is 2. The summed E-state index contributed by atoms with van der Waals surface area (Å²) in [6.07, 6.45) is -2.93. The molecule has 4 aromatic heterocycles. The molecule has 0 aliphatic carbocycles. The molecule has 0 unspecified atom stereocenters. The van der Waals surface area contributed by atoms with Gasteiger partial charge in [-0.25, -0.2) is 14.4 Å². The van der Waals surface area contributed by atoms with Crippen LogP contribution >= 0.6 is 0 Å². The molecule has 4 heterocycles. The summed E-state index contributed by atoms with van der Waals surface area (Å²) in [4.78, 5) is 39.5. The number of imidazole rings is 2. The van der Waals surface area contributed by atoms with Crippen molar-refractivity contribution in [3.63, 3.8) is 0 Å². The van der Waals surface area contributed by atoms with Gasteiger partial charge < -0.3 is 33.6 Å². The molecule has 0 radical (unpaired) electrons. The monoisotopic (exact) mass is 874 g/mol. The van der Waals surface area contributed by atoms with E-state index < -0.39 is 35.9 Å². The third-order valence-corrected chi connectivity index (χ3v) is 8.79. The fraction of sp³-hybridized carbons (Fsp3) is 0.122. The van der Waals surface area contributed by atoms with Gasteiger partial charge in [-0.05, 0) is 84.9 Å². The van der Waals surface area contributed by atoms with Crippen molar-refractivity contribution in [2.45, 2.75) is 25.4 Å². The molecule has 0 atom stereocenters. The first-order chi connectivity index (χ1) is 30.1. The highest BCUT2D eigenvalue weighted by Gasteiger charge is 2.39. The molecule has 4 aromatic carbocycles. The number of hydrogen-bond donors (Lipinski definition) is 2. The maximum Gasteiger partial charge on any atom is 0.471 e. The number of nitrogens with zero attached hydrogens (tertiary/aromatic N) is 8. The standard InChI is InChI=1S/C21H16F3N5O3.C20H13F4N5O2/c1-31-17-8-4-14(5-9-17)19(30)25-10-15-11-29(12-26-15)16-6-2-13(3-7-16)18-27-20(32-28-18)21(22,23)24;21-16-4-2-1-3-15(16)18(30)25-9-13-10-29(11-26-13)14-7-5-12(6-8-14)17-27-19(31-28-17)20(22,23)24/h2-9,11-12H,10H2,1H3,(H,25,30);1-8,10-11H,9H2,(H,25,30). The zero-order valence-electron chi connectivity index (χ0n) is 32.2. The summed E-state index contributed by atoms with van der Waals surface area (Å²) in [6.45, 7) is 0.306. The van der Waals surface area contributed by atoms with Crippen LogP contribution in [-0.4, -0.2) is 58.3 Å². The minimum Gasteiger partial charge on any atom is -0.497 e. The fourth-order valence-electron chi connectivity index (χ4n) is 5.60. The normalized spacial score (nSPS) is 11.4. The number of alkyl halides is 6. The first kappa shape index (κ1) is 42.9. The molecule has 0 bridgehead atoms. The number of rotatable bonds is 11. The Morgan fingerprint density at radius 1 is 0.635 bits per heavy atom. The molecular formula is C41H29F7N10O5. The van der Waals surface area contributed by atoms with Crippen LogP contribution in [0, 0.1) is 5.82 Å². The predicted octanol–water partition coefficient (Wildman–Crippen LogP) is 7.89. The summed E-state index contributed by atoms with van der Waals surface area (Å²) in [7, 11) is 1.55. The summed E-state index contributed by atoms with van der Waals surface area (Å²) in [5.74, 6) is -3.91. The van der Waals surface area contributed by atoms with Crippen molar-refractivity contribution >= 4 is 11.8 Å². The number of halogens is 7. The Bertz CT molecular complexity index is 2810. The fourth-order valence-corrected chi connectivity index (χ4v) is 5.60. The Hall–Kier alpha value is -8.17. The van der Waals surface area contributed by atoms with E-state index in [1.807, 2.05) is 0 Å². The molecule has 0 spiro atoms. The second-order valence-electron chi connectivity index (χ2n) is 13.1. The summed E-state index contributed by atoms with van der Waals surface area (Å²) < 4.78 is 106. The second kappa shape index (κ2) is 18.2. The highest BCUT2D eigenvalue weighted by molar-refractivity contribution is 5.94. The van der Waals surface area contributed by atoms with E-state index in [1.54, 1.807) is 114 Å². The van der Waals surface area contributed by atoms with Crippen LogP contribution in [-0.2, 0) is 25.4 Å². The van der Waals surface area contributed by atoms with Gasteiger partial charge >= 0.3 is 24.1 Å². The van der Waals surface area contributed by atoms with Gasteiger partial charge in [-0.15, -0.1) is 0 Å². The highest BCUT2D eigenvalue weighted by Crippen LogP contribution is 2.31. The minimum absolute atomic E-state index is 0.0623. The second-order valence-corrected chi connectivity index (χ2v) is 13.1. The number of ether oxygens (including phenoxy) is 1. The van der Waals surface area contributed by atoms with Gasteiger partial charge in [-0.2, -0.15) is 36.3 Å². The lowest BCUT2D eigenvalue weighted by Gasteiger charge is -2.05. The molecule has 0 saturated heterocycles. The molecule has 22 heteroatoms. The van der Waals surface area contributed by atoms with Crippen LogP contribution in [0.5, 0.6) is 5.75 Å². The molecule has 0 fully saturated rings. The molecule has 0 aliphatic heterocycles. The number of nitrogens with one attached hydrogen (secondary N) is 2. The summed E-state index contributed by atoms with van der Waals surface area (Å²) >= 11 is 0. The lowest BCUT2D eigenvalue weighted by atomic mass is 10.2. The average Bonchev–Trinajstić information content (AvgIpc) is 4.13. The quantitative estimate of drug-likeness (QED) is 0.121. The van der Waals surface area contributed by atoms with Crippen LogP contribution in [0.3, 0.4) is 0 Å². The van der Waals surface area contributed by atoms with Crippen molar-refractivity contribution < 1.29 is 54.1 Å². The van der Waals surface area contributed by atoms with E-state index in [1.165, 1.54) is 24.5 Å². The molecule has 15 nitrogen and oxygen atoms in total. The highest BCUT2D eigenvalue weighted by atomic mass is 19.4. The molecule has 8 rings (SSSR count). The maximum atomic E-state index is 13.7. The molecule has 8 aromatic rings. The maximum absolute atomic E-state index is 13.7. The van der Waals surface area contributed by atoms with Crippen molar-refractivity contribution in [2.24, 2.45) is 0 Å². The van der Waals surface area contributed by atoms with Crippen molar-refractivity contribution in [3.8, 4) is 39.9 Å². The van der Waals surface area contributed by atoms with E-state index in [2.05, 4.69) is 49.9 Å². The molecule has 0 saturated carbocycles. The Morgan fingerprint density at radius 3 is 1.52 bits per heavy atom. The van der Waals surface area contributed by atoms with Crippen molar-refractivity contribution in [2.75, 3.05) is 7.11 Å². The first-order valence-electron chi connectivity index (χ1n) is 18.2. The van der Waals surface area contributed by atoms with Crippen LogP contribution in [0.4, 0.5) is 30.7 Å². The van der Waals surface area contributed by atoms with Crippen LogP contribution in [0.2, 0.25) is 0 Å². The molecule has 0 aliphatic rings. The van der Waals surface area contributed by atoms with E-state index >= 15 is 0 Å². The molecule has 63 heavy (non-hydrogen) atoms. The van der Waals surface area contributed by atoms with E-state index in [4.69, 9.17) is 4.74 Å². The smallest absolute Gasteiger partial charge is 0.471 e. The van der Waals surface area contributed by atoms with Gasteiger partial charge in [0.15, 0.2) is 0 Å². The number of methoxy groups -OCH3 is 1. The van der Waals surface area contributed by atoms with Gasteiger partial charge in [0.2, 0.25) is 11.6 Å². The van der Waals surface area contributed by atoms with E-state index in [9.17, 15) is 40.3 Å². The number of amides is 2. The SMILES string of the molecule is COc1ccc(C(=O)NCc2cn(-c3ccc(-c4noc(C(F)(F)F)n4)cc3)cn2)cc1.O=C(NCc1cn(-c2ccc(-c3noc(C(F)(F)F)n3)cc2)cn1)c1ccccc1F. The summed E-state index contributed by atoms with van der Waals surface area (Å²) in [5, 5.41) is 12.1. The van der Waals surface area contributed by atoms with Gasteiger partial charge in [-0.3, -0.25) is 9.59 Å². The number of aromatic nitrogens is 8. The Morgan fingerprint density at radius 2 is 1.10 bits per heavy atom. The lowest BCUT2D eigenvalue weighted by Crippen LogP contribution is -2.23. The molecule has 2 N–H and O–H groups in total. The lowest BCUT2D eigenvalue weighted by molar-refractivity contribution is -0.160. The Kier molecular flexibility index (Phi) is 12.4. The van der Waals surface area contributed by atoms with E-state index in [0.717, 1.165) is 0 Å². The van der Waals surface area contributed by atoms with Crippen molar-refractivity contribution in [1.82, 2.24) is 50.0 Å². The van der Waals surface area contributed by atoms with Crippen molar-refractivity contribution in [1.29, 1.82) is 0 Å². The van der Waals surface area contributed by atoms with Gasteiger partial charge in [-0.1, -0.05) is 22.4 Å². The molecule has 2 amide bonds. The zero-order valence-corrected chi connectivity index (χ0v) is 32.2. The van der Waals surface area contributed by atoms with Gasteiger partial charge in [0.1, 0.15) is 11.6 Å².